The van der Waals surface area contributed by atoms with Crippen LogP contribution in [0.4, 0.5) is 10.2 Å². The van der Waals surface area contributed by atoms with Crippen molar-refractivity contribution in [3.8, 4) is 11.8 Å². The summed E-state index contributed by atoms with van der Waals surface area (Å²) in [6.45, 7) is 3.18. The third-order valence-corrected chi connectivity index (χ3v) is 5.72. The summed E-state index contributed by atoms with van der Waals surface area (Å²) in [6.07, 6.45) is 3.45. The number of fused-ring (bicyclic) bond motifs is 3. The van der Waals surface area contributed by atoms with Crippen molar-refractivity contribution in [2.24, 2.45) is 0 Å². The quantitative estimate of drug-likeness (QED) is 0.648. The average Bonchev–Trinajstić information content (AvgIpc) is 3.35. The second-order valence-electron chi connectivity index (χ2n) is 7.85. The molecule has 1 aromatic heterocycles. The lowest BCUT2D eigenvalue weighted by Gasteiger charge is -2.24. The number of carbonyl (C=O) groups excluding carboxylic acids is 2. The predicted molar refractivity (Wildman–Crippen MR) is 112 cm³/mol. The summed E-state index contributed by atoms with van der Waals surface area (Å²) < 4.78 is 21.3. The highest BCUT2D eigenvalue weighted by atomic mass is 19.1. The third kappa shape index (κ3) is 4.01. The van der Waals surface area contributed by atoms with Crippen LogP contribution < -0.4 is 9.64 Å². The summed E-state index contributed by atoms with van der Waals surface area (Å²) in [6, 6.07) is 5.52. The molecule has 1 fully saturated rings. The minimum Gasteiger partial charge on any atom is -0.425 e. The van der Waals surface area contributed by atoms with Gasteiger partial charge in [-0.05, 0) is 37.8 Å². The van der Waals surface area contributed by atoms with Crippen LogP contribution in [0, 0.1) is 5.82 Å². The number of imidazole rings is 1. The fourth-order valence-electron chi connectivity index (χ4n) is 4.19. The van der Waals surface area contributed by atoms with Crippen molar-refractivity contribution in [1.82, 2.24) is 14.5 Å². The molecule has 1 aromatic carbocycles. The van der Waals surface area contributed by atoms with E-state index >= 15 is 0 Å². The molecule has 0 aliphatic carbocycles. The highest BCUT2D eigenvalue weighted by Crippen LogP contribution is 2.37. The number of rotatable bonds is 8. The van der Waals surface area contributed by atoms with Crippen LogP contribution in [0.2, 0.25) is 0 Å². The van der Waals surface area contributed by atoms with Crippen molar-refractivity contribution in [2.45, 2.75) is 51.6 Å². The zero-order valence-corrected chi connectivity index (χ0v) is 17.6. The normalized spacial score (nSPS) is 18.2. The minimum absolute atomic E-state index is 0.110. The van der Waals surface area contributed by atoms with Crippen LogP contribution in [0.1, 0.15) is 49.5 Å². The van der Waals surface area contributed by atoms with Gasteiger partial charge in [-0.25, -0.2) is 4.39 Å². The monoisotopic (exact) mass is 430 g/mol. The fourth-order valence-corrected chi connectivity index (χ4v) is 4.19. The number of halogens is 1. The van der Waals surface area contributed by atoms with Gasteiger partial charge < -0.3 is 14.7 Å². The Hall–Kier alpha value is -2.94. The van der Waals surface area contributed by atoms with E-state index in [-0.39, 0.29) is 30.8 Å². The number of aliphatic hydroxyl groups is 1. The number of imide groups is 1. The number of aliphatic hydroxyl groups excluding tert-OH is 1. The first-order valence-corrected chi connectivity index (χ1v) is 10.8. The van der Waals surface area contributed by atoms with Gasteiger partial charge in [0.15, 0.2) is 11.5 Å². The topological polar surface area (TPSA) is 87.9 Å². The number of amides is 2. The molecule has 0 saturated carbocycles. The number of aromatic nitrogens is 2. The van der Waals surface area contributed by atoms with E-state index < -0.39 is 17.8 Å². The largest absolute Gasteiger partial charge is 0.425 e. The number of carbonyl (C=O) groups is 2. The van der Waals surface area contributed by atoms with Crippen LogP contribution in [0.15, 0.2) is 24.3 Å². The van der Waals surface area contributed by atoms with E-state index in [1.165, 1.54) is 17.0 Å². The van der Waals surface area contributed by atoms with E-state index in [2.05, 4.69) is 4.98 Å². The summed E-state index contributed by atoms with van der Waals surface area (Å²) >= 11 is 0. The maximum Gasteiger partial charge on any atom is 0.304 e. The molecule has 166 valence electrons. The molecule has 2 aromatic rings. The number of hydrogen-bond acceptors (Lipinski definition) is 6. The molecule has 4 rings (SSSR count). The summed E-state index contributed by atoms with van der Waals surface area (Å²) in [5, 5.41) is 9.26. The molecule has 0 bridgehead atoms. The van der Waals surface area contributed by atoms with Crippen LogP contribution in [-0.4, -0.2) is 57.1 Å². The van der Waals surface area contributed by atoms with Crippen molar-refractivity contribution >= 4 is 17.6 Å². The molecule has 0 radical (unpaired) electrons. The van der Waals surface area contributed by atoms with Crippen molar-refractivity contribution in [3.63, 3.8) is 0 Å². The van der Waals surface area contributed by atoms with Crippen LogP contribution in [-0.2, 0) is 11.3 Å². The lowest BCUT2D eigenvalue weighted by molar-refractivity contribution is -0.129. The van der Waals surface area contributed by atoms with Gasteiger partial charge in [0.25, 0.3) is 11.8 Å². The zero-order chi connectivity index (χ0) is 22.0. The van der Waals surface area contributed by atoms with Gasteiger partial charge >= 0.3 is 6.01 Å². The Balaban J connectivity index is 1.81. The molecule has 1 N–H and O–H groups in total. The fraction of sp³-hybridized carbons (Fsp3) is 0.500. The molecule has 0 spiro atoms. The van der Waals surface area contributed by atoms with E-state index in [0.717, 1.165) is 19.3 Å². The van der Waals surface area contributed by atoms with Gasteiger partial charge in [0.05, 0.1) is 0 Å². The molecule has 8 nitrogen and oxygen atoms in total. The Morgan fingerprint density at radius 2 is 2.10 bits per heavy atom. The van der Waals surface area contributed by atoms with Gasteiger partial charge in [0.2, 0.25) is 0 Å². The van der Waals surface area contributed by atoms with Crippen LogP contribution in [0.25, 0.3) is 0 Å². The maximum atomic E-state index is 13.7. The van der Waals surface area contributed by atoms with Gasteiger partial charge in [0.1, 0.15) is 17.6 Å². The molecule has 2 aliphatic heterocycles. The van der Waals surface area contributed by atoms with E-state index in [1.807, 2.05) is 11.8 Å². The first-order chi connectivity index (χ1) is 15.0. The van der Waals surface area contributed by atoms with Crippen molar-refractivity contribution in [2.75, 3.05) is 24.6 Å². The van der Waals surface area contributed by atoms with E-state index in [1.54, 1.807) is 16.7 Å². The number of anilines is 1. The smallest absolute Gasteiger partial charge is 0.304 e. The number of benzene rings is 1. The van der Waals surface area contributed by atoms with Crippen molar-refractivity contribution in [1.29, 1.82) is 0 Å². The van der Waals surface area contributed by atoms with E-state index in [9.17, 15) is 19.1 Å². The lowest BCUT2D eigenvalue weighted by Crippen LogP contribution is -2.46. The third-order valence-electron chi connectivity index (χ3n) is 5.72. The van der Waals surface area contributed by atoms with Gasteiger partial charge in [-0.3, -0.25) is 19.1 Å². The van der Waals surface area contributed by atoms with Crippen molar-refractivity contribution in [3.05, 3.63) is 35.8 Å². The van der Waals surface area contributed by atoms with Crippen LogP contribution in [0.3, 0.4) is 0 Å². The first-order valence-electron chi connectivity index (χ1n) is 10.8. The highest BCUT2D eigenvalue weighted by molar-refractivity contribution is 6.11. The average molecular weight is 430 g/mol. The Bertz CT molecular complexity index is 976. The summed E-state index contributed by atoms with van der Waals surface area (Å²) in [5.74, 6) is -0.377. The van der Waals surface area contributed by atoms with Gasteiger partial charge in [-0.1, -0.05) is 19.4 Å². The van der Waals surface area contributed by atoms with E-state index in [4.69, 9.17) is 4.74 Å². The summed E-state index contributed by atoms with van der Waals surface area (Å²) in [4.78, 5) is 34.4. The number of hydrogen-bond donors (Lipinski definition) is 1. The molecule has 3 heterocycles. The maximum absolute atomic E-state index is 13.7. The highest BCUT2D eigenvalue weighted by Gasteiger charge is 2.45. The molecule has 1 saturated heterocycles. The van der Waals surface area contributed by atoms with Gasteiger partial charge in [-0.15, -0.1) is 0 Å². The summed E-state index contributed by atoms with van der Waals surface area (Å²) in [5.41, 5.74) is 0.315. The molecular formula is C22H27FN4O4. The Labute approximate surface area is 180 Å². The predicted octanol–water partition coefficient (Wildman–Crippen LogP) is 2.95. The van der Waals surface area contributed by atoms with Gasteiger partial charge in [-0.2, -0.15) is 4.98 Å². The lowest BCUT2D eigenvalue weighted by atomic mass is 10.2. The van der Waals surface area contributed by atoms with Crippen LogP contribution in [0.5, 0.6) is 11.8 Å². The SMILES string of the molecule is CCCCn1c(Oc2cccc(F)c2)nc2c1C(=O)N(CCCO)C(=O)[C@H]1CCCN21. The molecule has 0 unspecified atom stereocenters. The minimum atomic E-state index is -0.458. The molecule has 31 heavy (non-hydrogen) atoms. The molecular weight excluding hydrogens is 403 g/mol. The molecule has 2 amide bonds. The second-order valence-corrected chi connectivity index (χ2v) is 7.85. The zero-order valence-electron chi connectivity index (χ0n) is 17.6. The standard InChI is InChI=1S/C22H27FN4O4/c1-2-3-10-26-18-19(24-22(26)31-16-8-4-7-15(23)14-16)25-11-5-9-17(25)20(29)27(21(18)30)12-6-13-28/h4,7-8,14,17,28H,2-3,5-6,9-13H2,1H3/t17-/m1/s1. The number of ether oxygens (including phenoxy) is 1. The van der Waals surface area contributed by atoms with Gasteiger partial charge in [0, 0.05) is 32.3 Å². The molecule has 9 heteroatoms. The van der Waals surface area contributed by atoms with Crippen molar-refractivity contribution < 1.29 is 23.8 Å². The Kier molecular flexibility index (Phi) is 6.22. The Morgan fingerprint density at radius 1 is 1.26 bits per heavy atom. The molecule has 2 aliphatic rings. The van der Waals surface area contributed by atoms with Crippen LogP contribution >= 0.6 is 0 Å². The first kappa shape index (κ1) is 21.3. The summed E-state index contributed by atoms with van der Waals surface area (Å²) in [7, 11) is 0. The second kappa shape index (κ2) is 9.05. The molecule has 1 atom stereocenters. The Morgan fingerprint density at radius 3 is 2.84 bits per heavy atom. The number of nitrogens with zero attached hydrogens (tertiary/aromatic N) is 4. The van der Waals surface area contributed by atoms with E-state index in [0.29, 0.717) is 37.4 Å². The number of unbranched alkanes of at least 4 members (excludes halogenated alkanes) is 1.